The minimum absolute atomic E-state index is 0.195. The molecule has 0 aliphatic heterocycles. The van der Waals surface area contributed by atoms with Gasteiger partial charge in [0.05, 0.1) is 3.57 Å². The normalized spacial score (nSPS) is 10.9. The van der Waals surface area contributed by atoms with Gasteiger partial charge in [-0.3, -0.25) is 0 Å². The van der Waals surface area contributed by atoms with Crippen molar-refractivity contribution in [3.8, 4) is 11.8 Å². The Morgan fingerprint density at radius 3 is 2.47 bits per heavy atom. The molecule has 0 spiro atoms. The quantitative estimate of drug-likeness (QED) is 0.499. The summed E-state index contributed by atoms with van der Waals surface area (Å²) in [6.07, 6.45) is -4.82. The van der Waals surface area contributed by atoms with Crippen molar-refractivity contribution in [1.29, 1.82) is 5.26 Å². The summed E-state index contributed by atoms with van der Waals surface area (Å²) >= 11 is 3.46. The second kappa shape index (κ2) is 4.69. The fourth-order valence-electron chi connectivity index (χ4n) is 0.762. The Bertz CT molecular complexity index is 427. The lowest BCUT2D eigenvalue weighted by Crippen LogP contribution is -2.19. The molecule has 1 rings (SSSR count). The van der Waals surface area contributed by atoms with Crippen LogP contribution in [0, 0.1) is 18.6 Å². The highest BCUT2D eigenvalue weighted by atomic mass is 127. The first kappa shape index (κ1) is 12.8. The second-order valence-corrected chi connectivity index (χ2v) is 4.53. The van der Waals surface area contributed by atoms with Gasteiger partial charge in [0.1, 0.15) is 9.77 Å². The lowest BCUT2D eigenvalue weighted by Gasteiger charge is -2.11. The number of aromatic nitrogens is 1. The molecule has 0 N–H and O–H groups in total. The summed E-state index contributed by atoms with van der Waals surface area (Å²) in [7, 11) is 0. The number of halogens is 5. The smallest absolute Gasteiger partial charge is 0.402 e. The van der Waals surface area contributed by atoms with Gasteiger partial charge in [0.2, 0.25) is 0 Å². The summed E-state index contributed by atoms with van der Waals surface area (Å²) in [5.41, 5.74) is -0.372. The number of pyridine rings is 1. The van der Waals surface area contributed by atoms with Crippen LogP contribution >= 0.6 is 45.2 Å². The molecule has 8 heteroatoms. The lowest BCUT2D eigenvalue weighted by atomic mass is 10.3. The minimum atomic E-state index is -4.82. The van der Waals surface area contributed by atoms with E-state index < -0.39 is 12.1 Å². The molecule has 0 unspecified atom stereocenters. The first-order valence-electron chi connectivity index (χ1n) is 3.35. The molecule has 0 bridgehead atoms. The highest BCUT2D eigenvalue weighted by molar-refractivity contribution is 14.1. The topological polar surface area (TPSA) is 45.9 Å². The molecular formula is C7HF3I2N2O. The average molecular weight is 440 g/mol. The van der Waals surface area contributed by atoms with Crippen molar-refractivity contribution >= 4 is 45.2 Å². The predicted molar refractivity (Wildman–Crippen MR) is 61.1 cm³/mol. The summed E-state index contributed by atoms with van der Waals surface area (Å²) in [4.78, 5) is 3.63. The number of nitrogens with zero attached hydrogens (tertiary/aromatic N) is 2. The van der Waals surface area contributed by atoms with Gasteiger partial charge in [-0.2, -0.15) is 5.26 Å². The van der Waals surface area contributed by atoms with Crippen molar-refractivity contribution in [2.45, 2.75) is 6.36 Å². The molecule has 1 aromatic rings. The van der Waals surface area contributed by atoms with Crippen LogP contribution in [0.2, 0.25) is 0 Å². The Balaban J connectivity index is 3.23. The molecule has 80 valence electrons. The van der Waals surface area contributed by atoms with Gasteiger partial charge in [-0.1, -0.05) is 0 Å². The van der Waals surface area contributed by atoms with Crippen molar-refractivity contribution in [1.82, 2.24) is 4.98 Å². The van der Waals surface area contributed by atoms with Crippen molar-refractivity contribution < 1.29 is 17.9 Å². The summed E-state index contributed by atoms with van der Waals surface area (Å²) in [5.74, 6) is -0.550. The molecule has 0 saturated heterocycles. The average Bonchev–Trinajstić information content (AvgIpc) is 2.07. The van der Waals surface area contributed by atoms with E-state index in [-0.39, 0.29) is 9.26 Å². The van der Waals surface area contributed by atoms with Crippen LogP contribution in [0.25, 0.3) is 0 Å². The van der Waals surface area contributed by atoms with Gasteiger partial charge in [0, 0.05) is 0 Å². The van der Waals surface area contributed by atoms with Crippen LogP contribution in [-0.2, 0) is 0 Å². The highest BCUT2D eigenvalue weighted by Gasteiger charge is 2.33. The number of rotatable bonds is 1. The Hall–Kier alpha value is -0.310. The van der Waals surface area contributed by atoms with Crippen LogP contribution in [0.3, 0.4) is 0 Å². The zero-order valence-corrected chi connectivity index (χ0v) is 11.1. The van der Waals surface area contributed by atoms with E-state index in [1.54, 1.807) is 51.3 Å². The van der Waals surface area contributed by atoms with Crippen LogP contribution in [0.15, 0.2) is 6.07 Å². The van der Waals surface area contributed by atoms with Gasteiger partial charge in [0.25, 0.3) is 0 Å². The van der Waals surface area contributed by atoms with E-state index in [2.05, 4.69) is 9.72 Å². The molecule has 0 fully saturated rings. The maximum absolute atomic E-state index is 12.0. The van der Waals surface area contributed by atoms with Crippen molar-refractivity contribution in [3.05, 3.63) is 19.0 Å². The summed E-state index contributed by atoms with van der Waals surface area (Å²) in [6, 6.07) is 2.95. The Labute approximate surface area is 110 Å². The summed E-state index contributed by atoms with van der Waals surface area (Å²) in [5, 5.41) is 8.60. The molecule has 1 aromatic heterocycles. The van der Waals surface area contributed by atoms with E-state index >= 15 is 0 Å². The first-order valence-corrected chi connectivity index (χ1v) is 5.51. The minimum Gasteiger partial charge on any atom is -0.402 e. The fourth-order valence-corrected chi connectivity index (χ4v) is 2.57. The third-order valence-corrected chi connectivity index (χ3v) is 2.57. The number of ether oxygens (including phenoxy) is 1. The van der Waals surface area contributed by atoms with Crippen LogP contribution in [0.4, 0.5) is 13.2 Å². The van der Waals surface area contributed by atoms with Gasteiger partial charge >= 0.3 is 6.36 Å². The van der Waals surface area contributed by atoms with E-state index in [0.717, 1.165) is 0 Å². The van der Waals surface area contributed by atoms with Crippen molar-refractivity contribution in [3.63, 3.8) is 0 Å². The maximum Gasteiger partial charge on any atom is 0.573 e. The number of nitriles is 1. The predicted octanol–water partition coefficient (Wildman–Crippen LogP) is 3.06. The SMILES string of the molecule is N#Cc1nc(I)cc(I)c1OC(F)(F)F. The number of hydrogen-bond acceptors (Lipinski definition) is 3. The Morgan fingerprint density at radius 1 is 1.40 bits per heavy atom. The van der Waals surface area contributed by atoms with Crippen LogP contribution in [0.1, 0.15) is 5.69 Å². The molecular weight excluding hydrogens is 439 g/mol. The van der Waals surface area contributed by atoms with Crippen LogP contribution in [-0.4, -0.2) is 11.3 Å². The van der Waals surface area contributed by atoms with Crippen LogP contribution in [0.5, 0.6) is 5.75 Å². The van der Waals surface area contributed by atoms with Gasteiger partial charge in [-0.15, -0.1) is 13.2 Å². The molecule has 3 nitrogen and oxygen atoms in total. The zero-order valence-electron chi connectivity index (χ0n) is 6.77. The molecule has 0 saturated carbocycles. The van der Waals surface area contributed by atoms with E-state index in [4.69, 9.17) is 5.26 Å². The molecule has 0 aliphatic rings. The van der Waals surface area contributed by atoms with Crippen LogP contribution < -0.4 is 4.74 Å². The lowest BCUT2D eigenvalue weighted by molar-refractivity contribution is -0.275. The number of hydrogen-bond donors (Lipinski definition) is 0. The van der Waals surface area contributed by atoms with Crippen molar-refractivity contribution in [2.24, 2.45) is 0 Å². The summed E-state index contributed by atoms with van der Waals surface area (Å²) in [6.45, 7) is 0. The monoisotopic (exact) mass is 440 g/mol. The molecule has 0 radical (unpaired) electrons. The van der Waals surface area contributed by atoms with Crippen molar-refractivity contribution in [2.75, 3.05) is 0 Å². The van der Waals surface area contributed by atoms with Gasteiger partial charge in [0.15, 0.2) is 11.4 Å². The Kier molecular flexibility index (Phi) is 3.99. The van der Waals surface area contributed by atoms with E-state index in [9.17, 15) is 13.2 Å². The first-order chi connectivity index (χ1) is 6.83. The molecule has 15 heavy (non-hydrogen) atoms. The third kappa shape index (κ3) is 3.63. The standard InChI is InChI=1S/C7HF3I2N2O/c8-7(9,10)15-6-3(11)1-5(12)14-4(6)2-13/h1H. The molecule has 0 amide bonds. The largest absolute Gasteiger partial charge is 0.573 e. The van der Waals surface area contributed by atoms with E-state index in [1.165, 1.54) is 6.07 Å². The van der Waals surface area contributed by atoms with E-state index in [0.29, 0.717) is 3.70 Å². The van der Waals surface area contributed by atoms with Gasteiger partial charge < -0.3 is 4.74 Å². The zero-order chi connectivity index (χ0) is 11.6. The van der Waals surface area contributed by atoms with E-state index in [1.807, 2.05) is 0 Å². The van der Waals surface area contributed by atoms with Gasteiger partial charge in [-0.25, -0.2) is 4.98 Å². The second-order valence-electron chi connectivity index (χ2n) is 2.26. The Morgan fingerprint density at radius 2 is 2.00 bits per heavy atom. The summed E-state index contributed by atoms with van der Waals surface area (Å²) < 4.78 is 40.3. The maximum atomic E-state index is 12.0. The van der Waals surface area contributed by atoms with Gasteiger partial charge in [-0.05, 0) is 51.2 Å². The highest BCUT2D eigenvalue weighted by Crippen LogP contribution is 2.30. The molecule has 1 heterocycles. The molecule has 0 aromatic carbocycles. The fraction of sp³-hybridized carbons (Fsp3) is 0.143. The molecule has 0 atom stereocenters. The molecule has 0 aliphatic carbocycles. The third-order valence-electron chi connectivity index (χ3n) is 1.22. The number of alkyl halides is 3.